The van der Waals surface area contributed by atoms with Crippen LogP contribution in [0.1, 0.15) is 5.01 Å². The topological polar surface area (TPSA) is 59.1 Å². The second-order valence-corrected chi connectivity index (χ2v) is 7.51. The van der Waals surface area contributed by atoms with Crippen LogP contribution >= 0.6 is 11.3 Å². The molecule has 0 spiro atoms. The molecule has 0 bridgehead atoms. The van der Waals surface area contributed by atoms with Crippen molar-refractivity contribution < 1.29 is 8.42 Å². The van der Waals surface area contributed by atoms with Crippen LogP contribution in [0, 0.1) is 0 Å². The zero-order valence-electron chi connectivity index (χ0n) is 10.7. The molecule has 1 atom stereocenters. The molecule has 1 aliphatic rings. The Hall–Kier alpha value is -1.50. The molecule has 20 heavy (non-hydrogen) atoms. The summed E-state index contributed by atoms with van der Waals surface area (Å²) in [5.74, 6) is 0.143. The molecular formula is C14H14N2O2S2. The van der Waals surface area contributed by atoms with Gasteiger partial charge in [0, 0.05) is 28.9 Å². The summed E-state index contributed by atoms with van der Waals surface area (Å²) < 4.78 is 22.6. The Morgan fingerprint density at radius 1 is 1.30 bits per heavy atom. The van der Waals surface area contributed by atoms with Gasteiger partial charge in [0.15, 0.2) is 9.84 Å². The molecule has 0 radical (unpaired) electrons. The van der Waals surface area contributed by atoms with Crippen molar-refractivity contribution in [2.45, 2.75) is 12.6 Å². The number of hydrogen-bond acceptors (Lipinski definition) is 5. The first-order chi connectivity index (χ1) is 9.62. The van der Waals surface area contributed by atoms with Gasteiger partial charge >= 0.3 is 0 Å². The van der Waals surface area contributed by atoms with Crippen LogP contribution in [0.15, 0.2) is 47.2 Å². The van der Waals surface area contributed by atoms with Crippen LogP contribution < -0.4 is 5.32 Å². The molecule has 2 heterocycles. The van der Waals surface area contributed by atoms with E-state index in [-0.39, 0.29) is 11.8 Å². The standard InChI is InChI=1S/C14H14N2O2S2/c17-20(18)7-6-12(10-20)15-8-14-16-13(9-19-14)11-4-2-1-3-5-11/h1-7,9,12,15H,8,10H2. The Morgan fingerprint density at radius 3 is 2.80 bits per heavy atom. The summed E-state index contributed by atoms with van der Waals surface area (Å²) in [5, 5.41) is 7.46. The predicted molar refractivity (Wildman–Crippen MR) is 81.1 cm³/mol. The maximum Gasteiger partial charge on any atom is 0.173 e. The molecule has 1 aliphatic heterocycles. The van der Waals surface area contributed by atoms with E-state index in [2.05, 4.69) is 10.3 Å². The third kappa shape index (κ3) is 3.15. The minimum atomic E-state index is -3.00. The summed E-state index contributed by atoms with van der Waals surface area (Å²) in [6.07, 6.45) is 1.70. The summed E-state index contributed by atoms with van der Waals surface area (Å²) in [6.45, 7) is 0.585. The number of hydrogen-bond donors (Lipinski definition) is 1. The van der Waals surface area contributed by atoms with Crippen LogP contribution in [-0.4, -0.2) is 25.2 Å². The lowest BCUT2D eigenvalue weighted by atomic mass is 10.2. The van der Waals surface area contributed by atoms with Crippen LogP contribution in [0.5, 0.6) is 0 Å². The average Bonchev–Trinajstić information content (AvgIpc) is 3.04. The molecule has 4 nitrogen and oxygen atoms in total. The van der Waals surface area contributed by atoms with Gasteiger partial charge in [0.05, 0.1) is 11.4 Å². The highest BCUT2D eigenvalue weighted by molar-refractivity contribution is 7.94. The molecule has 1 aromatic carbocycles. The summed E-state index contributed by atoms with van der Waals surface area (Å²) in [4.78, 5) is 4.56. The van der Waals surface area contributed by atoms with Gasteiger partial charge in [-0.1, -0.05) is 36.4 Å². The lowest BCUT2D eigenvalue weighted by Crippen LogP contribution is -2.29. The SMILES string of the molecule is O=S1(=O)C=CC(NCc2nc(-c3ccccc3)cs2)C1. The molecule has 3 rings (SSSR count). The molecule has 1 aromatic heterocycles. The number of benzene rings is 1. The van der Waals surface area contributed by atoms with Gasteiger partial charge in [0.25, 0.3) is 0 Å². The zero-order chi connectivity index (χ0) is 14.0. The zero-order valence-corrected chi connectivity index (χ0v) is 12.3. The molecule has 104 valence electrons. The first-order valence-corrected chi connectivity index (χ1v) is 8.86. The molecule has 0 aliphatic carbocycles. The highest BCUT2D eigenvalue weighted by Crippen LogP contribution is 2.21. The fourth-order valence-corrected chi connectivity index (χ4v) is 4.08. The third-order valence-corrected chi connectivity index (χ3v) is 5.31. The first kappa shape index (κ1) is 13.5. The smallest absolute Gasteiger partial charge is 0.173 e. The molecule has 1 N–H and O–H groups in total. The Labute approximate surface area is 122 Å². The monoisotopic (exact) mass is 306 g/mol. The minimum Gasteiger partial charge on any atom is -0.303 e. The van der Waals surface area contributed by atoms with Crippen molar-refractivity contribution >= 4 is 21.2 Å². The van der Waals surface area contributed by atoms with Gasteiger partial charge in [-0.3, -0.25) is 0 Å². The summed E-state index contributed by atoms with van der Waals surface area (Å²) in [5.41, 5.74) is 2.06. The normalized spacial score (nSPS) is 20.3. The molecule has 0 saturated carbocycles. The van der Waals surface area contributed by atoms with Crippen LogP contribution in [0.4, 0.5) is 0 Å². The van der Waals surface area contributed by atoms with E-state index in [9.17, 15) is 8.42 Å². The lowest BCUT2D eigenvalue weighted by Gasteiger charge is -2.07. The number of nitrogens with zero attached hydrogens (tertiary/aromatic N) is 1. The van der Waals surface area contributed by atoms with Crippen molar-refractivity contribution in [3.05, 3.63) is 52.2 Å². The van der Waals surface area contributed by atoms with Gasteiger partial charge in [0.2, 0.25) is 0 Å². The van der Waals surface area contributed by atoms with Crippen LogP contribution in [0.2, 0.25) is 0 Å². The Kier molecular flexibility index (Phi) is 3.69. The Bertz CT molecular complexity index is 721. The van der Waals surface area contributed by atoms with Crippen LogP contribution in [0.25, 0.3) is 11.3 Å². The Morgan fingerprint density at radius 2 is 2.10 bits per heavy atom. The van der Waals surface area contributed by atoms with Gasteiger partial charge in [-0.25, -0.2) is 13.4 Å². The van der Waals surface area contributed by atoms with Crippen molar-refractivity contribution in [2.24, 2.45) is 0 Å². The maximum atomic E-state index is 11.3. The van der Waals surface area contributed by atoms with Gasteiger partial charge in [-0.15, -0.1) is 11.3 Å². The quantitative estimate of drug-likeness (QED) is 0.941. The fraction of sp³-hybridized carbons (Fsp3) is 0.214. The summed E-state index contributed by atoms with van der Waals surface area (Å²) in [6, 6.07) is 9.90. The van der Waals surface area contributed by atoms with Gasteiger partial charge in [-0.2, -0.15) is 0 Å². The largest absolute Gasteiger partial charge is 0.303 e. The van der Waals surface area contributed by atoms with E-state index in [4.69, 9.17) is 0 Å². The number of nitrogens with one attached hydrogen (secondary N) is 1. The number of thiazole rings is 1. The van der Waals surface area contributed by atoms with Crippen molar-refractivity contribution in [3.8, 4) is 11.3 Å². The van der Waals surface area contributed by atoms with E-state index in [1.165, 1.54) is 5.41 Å². The predicted octanol–water partition coefficient (Wildman–Crippen LogP) is 2.21. The molecular weight excluding hydrogens is 292 g/mol. The van der Waals surface area contributed by atoms with Crippen LogP contribution in [-0.2, 0) is 16.4 Å². The van der Waals surface area contributed by atoms with E-state index in [1.807, 2.05) is 35.7 Å². The van der Waals surface area contributed by atoms with E-state index in [1.54, 1.807) is 17.4 Å². The highest BCUT2D eigenvalue weighted by atomic mass is 32.2. The number of aromatic nitrogens is 1. The molecule has 0 saturated heterocycles. The molecule has 6 heteroatoms. The van der Waals surface area contributed by atoms with E-state index >= 15 is 0 Å². The average molecular weight is 306 g/mol. The molecule has 0 fully saturated rings. The van der Waals surface area contributed by atoms with Crippen molar-refractivity contribution in [1.82, 2.24) is 10.3 Å². The number of sulfone groups is 1. The Balaban J connectivity index is 1.63. The molecule has 0 amide bonds. The summed E-state index contributed by atoms with van der Waals surface area (Å²) >= 11 is 1.58. The maximum absolute atomic E-state index is 11.3. The minimum absolute atomic E-state index is 0.107. The van der Waals surface area contributed by atoms with Gasteiger partial charge < -0.3 is 5.32 Å². The van der Waals surface area contributed by atoms with Crippen molar-refractivity contribution in [2.75, 3.05) is 5.75 Å². The van der Waals surface area contributed by atoms with Gasteiger partial charge in [0.1, 0.15) is 5.01 Å². The fourth-order valence-electron chi connectivity index (χ4n) is 2.05. The van der Waals surface area contributed by atoms with E-state index in [0.29, 0.717) is 6.54 Å². The van der Waals surface area contributed by atoms with Crippen molar-refractivity contribution in [3.63, 3.8) is 0 Å². The third-order valence-electron chi connectivity index (χ3n) is 3.07. The lowest BCUT2D eigenvalue weighted by molar-refractivity contribution is 0.590. The summed E-state index contributed by atoms with van der Waals surface area (Å²) in [7, 11) is -3.00. The second-order valence-electron chi connectivity index (χ2n) is 4.64. The van der Waals surface area contributed by atoms with Crippen LogP contribution in [0.3, 0.4) is 0 Å². The van der Waals surface area contributed by atoms with E-state index < -0.39 is 9.84 Å². The van der Waals surface area contributed by atoms with Gasteiger partial charge in [-0.05, 0) is 0 Å². The highest BCUT2D eigenvalue weighted by Gasteiger charge is 2.21. The molecule has 2 aromatic rings. The first-order valence-electron chi connectivity index (χ1n) is 6.26. The van der Waals surface area contributed by atoms with Crippen molar-refractivity contribution in [1.29, 1.82) is 0 Å². The number of rotatable bonds is 4. The van der Waals surface area contributed by atoms with E-state index in [0.717, 1.165) is 16.3 Å². The molecule has 1 unspecified atom stereocenters. The second kappa shape index (κ2) is 5.47.